The fraction of sp³-hybridized carbons (Fsp3) is 0.111. The Morgan fingerprint density at radius 3 is 2.77 bits per heavy atom. The Hall–Kier alpha value is -2.33. The van der Waals surface area contributed by atoms with E-state index < -0.39 is 0 Å². The largest absolute Gasteiger partial charge is 0.387 e. The molecule has 0 radical (unpaired) electrons. The van der Waals surface area contributed by atoms with Crippen LogP contribution in [0.25, 0.3) is 17.2 Å². The van der Waals surface area contributed by atoms with Crippen LogP contribution in [0.15, 0.2) is 57.9 Å². The molecule has 0 saturated carbocycles. The fourth-order valence-electron chi connectivity index (χ4n) is 2.47. The van der Waals surface area contributed by atoms with Gasteiger partial charge >= 0.3 is 0 Å². The molecule has 2 aromatic rings. The molecule has 0 spiro atoms. The van der Waals surface area contributed by atoms with Gasteiger partial charge in [-0.15, -0.1) is 11.8 Å². The zero-order valence-corrected chi connectivity index (χ0v) is 13.1. The standard InChI is InChI=1S/C18H16N2OS/c1-22-16-4-2-3-13(9-16)14-5-6-15-7-12(11-21)8-18(19)20-17(15)10-14/h2-7,9-11H,8H2,1H3,(H2,19,20). The van der Waals surface area contributed by atoms with Gasteiger partial charge in [-0.1, -0.05) is 24.3 Å². The summed E-state index contributed by atoms with van der Waals surface area (Å²) in [7, 11) is 0. The van der Waals surface area contributed by atoms with Crippen molar-refractivity contribution in [3.8, 4) is 11.1 Å². The molecule has 3 rings (SSSR count). The van der Waals surface area contributed by atoms with Crippen LogP contribution in [0.3, 0.4) is 0 Å². The maximum atomic E-state index is 11.0. The number of aldehydes is 1. The number of nitrogens with two attached hydrogens (primary N) is 1. The molecule has 0 bridgehead atoms. The molecule has 0 saturated heterocycles. The predicted octanol–water partition coefficient (Wildman–Crippen LogP) is 4.05. The van der Waals surface area contributed by atoms with E-state index in [-0.39, 0.29) is 0 Å². The van der Waals surface area contributed by atoms with Gasteiger partial charge in [0.1, 0.15) is 12.1 Å². The number of benzene rings is 2. The predicted molar refractivity (Wildman–Crippen MR) is 93.6 cm³/mol. The first-order valence-electron chi connectivity index (χ1n) is 6.97. The Kier molecular flexibility index (Phi) is 4.11. The van der Waals surface area contributed by atoms with Gasteiger partial charge in [-0.3, -0.25) is 4.79 Å². The molecule has 4 heteroatoms. The summed E-state index contributed by atoms with van der Waals surface area (Å²) in [5.74, 6) is 0.465. The molecule has 0 atom stereocenters. The average molecular weight is 308 g/mol. The summed E-state index contributed by atoms with van der Waals surface area (Å²) >= 11 is 1.72. The molecule has 0 unspecified atom stereocenters. The van der Waals surface area contributed by atoms with E-state index in [2.05, 4.69) is 35.5 Å². The number of fused-ring (bicyclic) bond motifs is 1. The molecular formula is C18H16N2OS. The summed E-state index contributed by atoms with van der Waals surface area (Å²) in [4.78, 5) is 16.7. The number of carbonyl (C=O) groups is 1. The first kappa shape index (κ1) is 14.6. The van der Waals surface area contributed by atoms with E-state index in [1.807, 2.05) is 24.3 Å². The average Bonchev–Trinajstić information content (AvgIpc) is 2.71. The minimum absolute atomic E-state index is 0.398. The molecule has 0 aromatic heterocycles. The molecule has 0 fully saturated rings. The normalized spacial score (nSPS) is 13.7. The zero-order valence-electron chi connectivity index (χ0n) is 12.2. The number of nitrogens with zero attached hydrogens (tertiary/aromatic N) is 1. The summed E-state index contributed by atoms with van der Waals surface area (Å²) in [5, 5.41) is 0. The van der Waals surface area contributed by atoms with Crippen molar-refractivity contribution in [2.75, 3.05) is 6.26 Å². The molecule has 0 aliphatic carbocycles. The monoisotopic (exact) mass is 308 g/mol. The highest BCUT2D eigenvalue weighted by Crippen LogP contribution is 2.32. The third-order valence-electron chi connectivity index (χ3n) is 3.58. The summed E-state index contributed by atoms with van der Waals surface area (Å²) < 4.78 is 0. The van der Waals surface area contributed by atoms with Gasteiger partial charge in [-0.2, -0.15) is 0 Å². The molecule has 2 N–H and O–H groups in total. The van der Waals surface area contributed by atoms with Gasteiger partial charge in [0.05, 0.1) is 5.69 Å². The van der Waals surface area contributed by atoms with Crippen LogP contribution < -0.4 is 5.73 Å². The lowest BCUT2D eigenvalue weighted by molar-refractivity contribution is -0.104. The van der Waals surface area contributed by atoms with Crippen molar-refractivity contribution in [1.82, 2.24) is 0 Å². The van der Waals surface area contributed by atoms with Gasteiger partial charge < -0.3 is 5.73 Å². The molecule has 1 aliphatic rings. The SMILES string of the molecule is CSc1cccc(-c2ccc3c(c2)N=C(N)CC(C=O)=C3)c1. The van der Waals surface area contributed by atoms with Gasteiger partial charge in [-0.25, -0.2) is 4.99 Å². The number of aliphatic imine (C=N–C) groups is 1. The molecule has 1 heterocycles. The molecule has 110 valence electrons. The second-order valence-electron chi connectivity index (χ2n) is 5.12. The van der Waals surface area contributed by atoms with E-state index >= 15 is 0 Å². The first-order chi connectivity index (χ1) is 10.7. The van der Waals surface area contributed by atoms with Crippen molar-refractivity contribution in [3.05, 3.63) is 53.6 Å². The van der Waals surface area contributed by atoms with Crippen molar-refractivity contribution in [2.45, 2.75) is 11.3 Å². The number of thioether (sulfide) groups is 1. The number of hydrogen-bond acceptors (Lipinski definition) is 4. The summed E-state index contributed by atoms with van der Waals surface area (Å²) in [5.41, 5.74) is 10.5. The molecule has 22 heavy (non-hydrogen) atoms. The lowest BCUT2D eigenvalue weighted by Gasteiger charge is -2.07. The van der Waals surface area contributed by atoms with E-state index in [0.717, 1.165) is 28.7 Å². The van der Waals surface area contributed by atoms with Crippen LogP contribution >= 0.6 is 11.8 Å². The minimum atomic E-state index is 0.398. The van der Waals surface area contributed by atoms with Crippen molar-refractivity contribution in [3.63, 3.8) is 0 Å². The lowest BCUT2D eigenvalue weighted by Crippen LogP contribution is -2.11. The highest BCUT2D eigenvalue weighted by atomic mass is 32.2. The quantitative estimate of drug-likeness (QED) is 0.687. The number of hydrogen-bond donors (Lipinski definition) is 1. The van der Waals surface area contributed by atoms with Gasteiger partial charge in [0.25, 0.3) is 0 Å². The van der Waals surface area contributed by atoms with E-state index in [1.165, 1.54) is 4.90 Å². The Morgan fingerprint density at radius 2 is 2.00 bits per heavy atom. The second-order valence-corrected chi connectivity index (χ2v) is 6.00. The van der Waals surface area contributed by atoms with Crippen LogP contribution in [0, 0.1) is 0 Å². The van der Waals surface area contributed by atoms with E-state index in [1.54, 1.807) is 11.8 Å². The van der Waals surface area contributed by atoms with Gasteiger partial charge in [0.2, 0.25) is 0 Å². The Morgan fingerprint density at radius 1 is 1.18 bits per heavy atom. The summed E-state index contributed by atoms with van der Waals surface area (Å²) in [6.45, 7) is 0. The number of rotatable bonds is 3. The van der Waals surface area contributed by atoms with Crippen molar-refractivity contribution in [1.29, 1.82) is 0 Å². The maximum absolute atomic E-state index is 11.0. The first-order valence-corrected chi connectivity index (χ1v) is 8.19. The van der Waals surface area contributed by atoms with Crippen LogP contribution in [0.5, 0.6) is 0 Å². The third kappa shape index (κ3) is 2.97. The lowest BCUT2D eigenvalue weighted by atomic mass is 10.0. The summed E-state index contributed by atoms with van der Waals surface area (Å²) in [6, 6.07) is 14.4. The fourth-order valence-corrected chi connectivity index (χ4v) is 2.93. The van der Waals surface area contributed by atoms with E-state index in [9.17, 15) is 4.79 Å². The Labute approximate surface area is 134 Å². The van der Waals surface area contributed by atoms with Crippen molar-refractivity contribution in [2.24, 2.45) is 10.7 Å². The maximum Gasteiger partial charge on any atom is 0.146 e. The van der Waals surface area contributed by atoms with Crippen LogP contribution in [0.4, 0.5) is 5.69 Å². The van der Waals surface area contributed by atoms with Crippen molar-refractivity contribution < 1.29 is 4.79 Å². The van der Waals surface area contributed by atoms with Gasteiger partial charge in [-0.05, 0) is 41.7 Å². The minimum Gasteiger partial charge on any atom is -0.387 e. The van der Waals surface area contributed by atoms with E-state index in [4.69, 9.17) is 5.73 Å². The Bertz CT molecular complexity index is 793. The number of carbonyl (C=O) groups excluding carboxylic acids is 1. The highest BCUT2D eigenvalue weighted by molar-refractivity contribution is 7.98. The van der Waals surface area contributed by atoms with Crippen molar-refractivity contribution >= 4 is 35.6 Å². The molecular weight excluding hydrogens is 292 g/mol. The molecule has 1 aliphatic heterocycles. The van der Waals surface area contributed by atoms with Gasteiger partial charge in [0, 0.05) is 22.5 Å². The van der Waals surface area contributed by atoms with Gasteiger partial charge in [0.15, 0.2) is 0 Å². The molecule has 2 aromatic carbocycles. The van der Waals surface area contributed by atoms with Crippen LogP contribution in [-0.4, -0.2) is 18.4 Å². The zero-order chi connectivity index (χ0) is 15.5. The summed E-state index contributed by atoms with van der Waals surface area (Å²) in [6.07, 6.45) is 5.16. The highest BCUT2D eigenvalue weighted by Gasteiger charge is 2.11. The van der Waals surface area contributed by atoms with E-state index in [0.29, 0.717) is 17.8 Å². The third-order valence-corrected chi connectivity index (χ3v) is 4.30. The number of amidine groups is 1. The Balaban J connectivity index is 2.09. The molecule has 0 amide bonds. The smallest absolute Gasteiger partial charge is 0.146 e. The second kappa shape index (κ2) is 6.20. The van der Waals surface area contributed by atoms with Crippen LogP contribution in [0.2, 0.25) is 0 Å². The van der Waals surface area contributed by atoms with Crippen LogP contribution in [0.1, 0.15) is 12.0 Å². The van der Waals surface area contributed by atoms with Crippen LogP contribution in [-0.2, 0) is 4.79 Å². The molecule has 3 nitrogen and oxygen atoms in total. The topological polar surface area (TPSA) is 55.4 Å².